The molecule has 1 atom stereocenters. The van der Waals surface area contributed by atoms with Gasteiger partial charge in [0, 0.05) is 0 Å². The van der Waals surface area contributed by atoms with Crippen LogP contribution in [0, 0.1) is 0 Å². The molecule has 1 amide bonds. The number of carbonyl (C=O) groups excluding carboxylic acids is 1. The van der Waals surface area contributed by atoms with Gasteiger partial charge in [-0.15, -0.1) is 11.8 Å². The first kappa shape index (κ1) is 16.7. The molecule has 4 rings (SSSR count). The number of thioether (sulfide) groups is 2. The third kappa shape index (κ3) is 3.20. The van der Waals surface area contributed by atoms with Crippen LogP contribution in [0.5, 0.6) is 5.75 Å². The van der Waals surface area contributed by atoms with Crippen LogP contribution < -0.4 is 10.9 Å². The monoisotopic (exact) mass is 377 g/mol. The number of phenolic OH excluding ortho intramolecular Hbond substituents is 1. The number of nitrogens with zero attached hydrogens (tertiary/aromatic N) is 1. The van der Waals surface area contributed by atoms with Crippen molar-refractivity contribution in [3.63, 3.8) is 0 Å². The maximum absolute atomic E-state index is 12.7. The summed E-state index contributed by atoms with van der Waals surface area (Å²) in [6.07, 6.45) is 1.96. The van der Waals surface area contributed by atoms with E-state index < -0.39 is 0 Å². The molecule has 1 aromatic heterocycles. The van der Waals surface area contributed by atoms with Gasteiger partial charge in [0.2, 0.25) is 5.91 Å². The average Bonchev–Trinajstić information content (AvgIpc) is 2.83. The van der Waals surface area contributed by atoms with Crippen LogP contribution in [0.3, 0.4) is 0 Å². The number of nitrogens with one attached hydrogen (secondary N) is 2. The summed E-state index contributed by atoms with van der Waals surface area (Å²) in [6.45, 7) is 0. The number of H-pyrrole nitrogens is 1. The van der Waals surface area contributed by atoms with Crippen LogP contribution in [0.25, 0.3) is 0 Å². The number of fused-ring (bicyclic) bond motifs is 1. The minimum absolute atomic E-state index is 0.0922. The molecule has 0 unspecified atom stereocenters. The zero-order chi connectivity index (χ0) is 17.4. The van der Waals surface area contributed by atoms with Crippen LogP contribution in [-0.4, -0.2) is 38.1 Å². The zero-order valence-electron chi connectivity index (χ0n) is 13.5. The molecular formula is C17H19N3O3S2. The molecule has 0 bridgehead atoms. The molecule has 0 aliphatic carbocycles. The Labute approximate surface area is 153 Å². The minimum atomic E-state index is -0.238. The van der Waals surface area contributed by atoms with Gasteiger partial charge in [-0.1, -0.05) is 12.1 Å². The Bertz CT molecular complexity index is 838. The highest BCUT2D eigenvalue weighted by atomic mass is 32.2. The molecule has 0 saturated carbocycles. The van der Waals surface area contributed by atoms with E-state index in [-0.39, 0.29) is 28.5 Å². The number of carbonyl (C=O) groups is 1. The van der Waals surface area contributed by atoms with E-state index in [0.29, 0.717) is 17.1 Å². The first-order chi connectivity index (χ1) is 12.1. The largest absolute Gasteiger partial charge is 0.508 e. The van der Waals surface area contributed by atoms with Crippen molar-refractivity contribution in [3.05, 3.63) is 45.7 Å². The number of rotatable bonds is 2. The number of hydrogen-bond donors (Lipinski definition) is 3. The number of hydrogen-bond acceptors (Lipinski definition) is 5. The molecule has 6 nitrogen and oxygen atoms in total. The molecule has 2 aliphatic rings. The number of aromatic nitrogens is 2. The molecule has 3 heterocycles. The lowest BCUT2D eigenvalue weighted by Crippen LogP contribution is -2.22. The molecule has 2 aliphatic heterocycles. The van der Waals surface area contributed by atoms with Crippen molar-refractivity contribution in [3.8, 4) is 5.75 Å². The summed E-state index contributed by atoms with van der Waals surface area (Å²) in [4.78, 5) is 25.0. The number of amides is 1. The van der Waals surface area contributed by atoms with Gasteiger partial charge in [-0.2, -0.15) is 11.8 Å². The smallest absolute Gasteiger partial charge is 0.270 e. The van der Waals surface area contributed by atoms with Gasteiger partial charge in [0.05, 0.1) is 22.6 Å². The number of phenols is 1. The van der Waals surface area contributed by atoms with E-state index in [9.17, 15) is 14.7 Å². The maximum atomic E-state index is 12.7. The lowest BCUT2D eigenvalue weighted by atomic mass is 10.1. The summed E-state index contributed by atoms with van der Waals surface area (Å²) in [5, 5.41) is 15.2. The van der Waals surface area contributed by atoms with E-state index in [4.69, 9.17) is 0 Å². The Morgan fingerprint density at radius 1 is 1.12 bits per heavy atom. The lowest BCUT2D eigenvalue weighted by Gasteiger charge is -2.24. The fourth-order valence-electron chi connectivity index (χ4n) is 3.37. The summed E-state index contributed by atoms with van der Waals surface area (Å²) in [7, 11) is 0. The molecular weight excluding hydrogens is 358 g/mol. The molecule has 1 fully saturated rings. The Balaban J connectivity index is 1.81. The third-order valence-electron chi connectivity index (χ3n) is 4.62. The Kier molecular flexibility index (Phi) is 4.56. The van der Waals surface area contributed by atoms with Crippen molar-refractivity contribution in [1.29, 1.82) is 0 Å². The van der Waals surface area contributed by atoms with Crippen molar-refractivity contribution in [2.75, 3.05) is 22.6 Å². The van der Waals surface area contributed by atoms with Gasteiger partial charge in [-0.3, -0.25) is 19.4 Å². The number of aromatic hydroxyl groups is 1. The van der Waals surface area contributed by atoms with Gasteiger partial charge in [0.25, 0.3) is 5.56 Å². The van der Waals surface area contributed by atoms with Crippen molar-refractivity contribution >= 4 is 35.2 Å². The van der Waals surface area contributed by atoms with Crippen LogP contribution in [0.1, 0.15) is 35.3 Å². The average molecular weight is 377 g/mol. The van der Waals surface area contributed by atoms with Crippen LogP contribution in [0.4, 0.5) is 5.82 Å². The topological polar surface area (TPSA) is 87.1 Å². The maximum Gasteiger partial charge on any atom is 0.270 e. The molecule has 132 valence electrons. The zero-order valence-corrected chi connectivity index (χ0v) is 15.2. The SMILES string of the molecule is O=C1CS[C@H](c2ccc(O)cc2)c2c(n(C3CCSCC3)[nH]c2=O)N1. The standard InChI is InChI=1S/C17H19N3O3S2/c21-12-3-1-10(2-4-12)15-14-16(18-13(22)9-25-15)20(19-17(14)23)11-5-7-24-8-6-11/h1-4,11,15,21H,5-9H2,(H,18,22)(H,19,23)/t15-/m1/s1. The molecule has 3 N–H and O–H groups in total. The van der Waals surface area contributed by atoms with Crippen molar-refractivity contribution in [2.24, 2.45) is 0 Å². The van der Waals surface area contributed by atoms with Crippen LogP contribution >= 0.6 is 23.5 Å². The predicted octanol–water partition coefficient (Wildman–Crippen LogP) is 2.72. The highest BCUT2D eigenvalue weighted by molar-refractivity contribution is 8.00. The van der Waals surface area contributed by atoms with E-state index in [1.807, 2.05) is 16.4 Å². The fourth-order valence-corrected chi connectivity index (χ4v) is 5.58. The van der Waals surface area contributed by atoms with Crippen molar-refractivity contribution < 1.29 is 9.90 Å². The second-order valence-corrected chi connectivity index (χ2v) is 8.57. The number of benzene rings is 1. The van der Waals surface area contributed by atoms with Gasteiger partial charge in [0.15, 0.2) is 0 Å². The second-order valence-electron chi connectivity index (χ2n) is 6.25. The summed E-state index contributed by atoms with van der Waals surface area (Å²) in [5.41, 5.74) is 1.35. The summed E-state index contributed by atoms with van der Waals surface area (Å²) >= 11 is 3.36. The summed E-state index contributed by atoms with van der Waals surface area (Å²) in [6, 6.07) is 7.04. The fraction of sp³-hybridized carbons (Fsp3) is 0.412. The minimum Gasteiger partial charge on any atom is -0.508 e. The number of aromatic amines is 1. The van der Waals surface area contributed by atoms with E-state index in [1.54, 1.807) is 24.3 Å². The molecule has 8 heteroatoms. The molecule has 25 heavy (non-hydrogen) atoms. The molecule has 1 saturated heterocycles. The third-order valence-corrected chi connectivity index (χ3v) is 6.93. The quantitative estimate of drug-likeness (QED) is 0.749. The Hall–Kier alpha value is -1.80. The van der Waals surface area contributed by atoms with E-state index in [0.717, 1.165) is 29.9 Å². The first-order valence-corrected chi connectivity index (χ1v) is 10.5. The molecule has 0 spiro atoms. The summed E-state index contributed by atoms with van der Waals surface area (Å²) in [5.74, 6) is 3.11. The lowest BCUT2D eigenvalue weighted by molar-refractivity contribution is -0.113. The molecule has 0 radical (unpaired) electrons. The van der Waals surface area contributed by atoms with Crippen molar-refractivity contribution in [1.82, 2.24) is 9.78 Å². The highest BCUT2D eigenvalue weighted by Gasteiger charge is 2.32. The van der Waals surface area contributed by atoms with Crippen LogP contribution in [0.15, 0.2) is 29.1 Å². The Morgan fingerprint density at radius 2 is 1.84 bits per heavy atom. The van der Waals surface area contributed by atoms with Gasteiger partial charge < -0.3 is 10.4 Å². The predicted molar refractivity (Wildman–Crippen MR) is 102 cm³/mol. The van der Waals surface area contributed by atoms with Gasteiger partial charge in [-0.25, -0.2) is 0 Å². The van der Waals surface area contributed by atoms with E-state index in [1.165, 1.54) is 11.8 Å². The van der Waals surface area contributed by atoms with Gasteiger partial charge in [-0.05, 0) is 42.0 Å². The highest BCUT2D eigenvalue weighted by Crippen LogP contribution is 2.41. The van der Waals surface area contributed by atoms with E-state index in [2.05, 4.69) is 10.4 Å². The van der Waals surface area contributed by atoms with Crippen LogP contribution in [0.2, 0.25) is 0 Å². The van der Waals surface area contributed by atoms with Crippen LogP contribution in [-0.2, 0) is 4.79 Å². The number of anilines is 1. The molecule has 1 aromatic carbocycles. The van der Waals surface area contributed by atoms with E-state index >= 15 is 0 Å². The van der Waals surface area contributed by atoms with Crippen molar-refractivity contribution in [2.45, 2.75) is 24.1 Å². The second kappa shape index (κ2) is 6.84. The Morgan fingerprint density at radius 3 is 2.56 bits per heavy atom. The summed E-state index contributed by atoms with van der Waals surface area (Å²) < 4.78 is 1.87. The van der Waals surface area contributed by atoms with Gasteiger partial charge >= 0.3 is 0 Å². The first-order valence-electron chi connectivity index (χ1n) is 8.26. The van der Waals surface area contributed by atoms with Gasteiger partial charge in [0.1, 0.15) is 11.6 Å². The normalized spacial score (nSPS) is 21.4. The molecule has 2 aromatic rings.